The van der Waals surface area contributed by atoms with Gasteiger partial charge in [0.1, 0.15) is 11.2 Å². The molecule has 1 aromatic heterocycles. The van der Waals surface area contributed by atoms with Crippen molar-refractivity contribution in [2.45, 2.75) is 0 Å². The van der Waals surface area contributed by atoms with Crippen LogP contribution in [0.1, 0.15) is 0 Å². The van der Waals surface area contributed by atoms with Crippen LogP contribution in [0.2, 0.25) is 10.0 Å². The number of benzene rings is 2. The van der Waals surface area contributed by atoms with E-state index in [-0.39, 0.29) is 15.8 Å². The van der Waals surface area contributed by atoms with Crippen LogP contribution in [0.15, 0.2) is 34.7 Å². The van der Waals surface area contributed by atoms with Crippen molar-refractivity contribution < 1.29 is 9.52 Å². The van der Waals surface area contributed by atoms with Gasteiger partial charge < -0.3 is 9.52 Å². The molecule has 0 radical (unpaired) electrons. The minimum atomic E-state index is -0.109. The molecule has 1 heterocycles. The highest BCUT2D eigenvalue weighted by molar-refractivity contribution is 6.42. The number of para-hydroxylation sites is 1. The van der Waals surface area contributed by atoms with E-state index in [1.807, 2.05) is 24.3 Å². The van der Waals surface area contributed by atoms with Gasteiger partial charge in [0.2, 0.25) is 0 Å². The number of phenols is 1. The first-order valence-corrected chi connectivity index (χ1v) is 5.42. The zero-order valence-electron chi connectivity index (χ0n) is 8.00. The number of furan rings is 1. The molecule has 1 N–H and O–H groups in total. The lowest BCUT2D eigenvalue weighted by Gasteiger charge is -2.00. The normalized spacial score (nSPS) is 11.4. The third-order valence-electron chi connectivity index (χ3n) is 2.53. The van der Waals surface area contributed by atoms with Crippen molar-refractivity contribution in [1.29, 1.82) is 0 Å². The highest BCUT2D eigenvalue weighted by Gasteiger charge is 2.15. The predicted molar refractivity (Wildman–Crippen MR) is 65.4 cm³/mol. The number of halogens is 2. The quantitative estimate of drug-likeness (QED) is 0.635. The number of aromatic hydroxyl groups is 1. The SMILES string of the molecule is Oc1c(Cl)cc2oc3ccccc3c2c1Cl. The van der Waals surface area contributed by atoms with Crippen molar-refractivity contribution in [2.24, 2.45) is 0 Å². The van der Waals surface area contributed by atoms with Crippen LogP contribution in [-0.4, -0.2) is 5.11 Å². The van der Waals surface area contributed by atoms with Crippen LogP contribution >= 0.6 is 23.2 Å². The molecule has 0 aliphatic rings. The van der Waals surface area contributed by atoms with Crippen molar-refractivity contribution in [1.82, 2.24) is 0 Å². The van der Waals surface area contributed by atoms with Crippen LogP contribution < -0.4 is 0 Å². The number of hydrogen-bond acceptors (Lipinski definition) is 2. The molecule has 3 aromatic rings. The predicted octanol–water partition coefficient (Wildman–Crippen LogP) is 4.60. The molecule has 3 rings (SSSR count). The summed E-state index contributed by atoms with van der Waals surface area (Å²) in [7, 11) is 0. The summed E-state index contributed by atoms with van der Waals surface area (Å²) in [6.07, 6.45) is 0. The molecule has 16 heavy (non-hydrogen) atoms. The molecule has 2 nitrogen and oxygen atoms in total. The monoisotopic (exact) mass is 252 g/mol. The average molecular weight is 253 g/mol. The molecule has 0 spiro atoms. The van der Waals surface area contributed by atoms with Crippen LogP contribution in [0, 0.1) is 0 Å². The maximum atomic E-state index is 9.68. The van der Waals surface area contributed by atoms with Crippen LogP contribution in [0.5, 0.6) is 5.75 Å². The standard InChI is InChI=1S/C12H6Cl2O2/c13-7-5-9-10(11(14)12(7)15)6-3-1-2-4-8(6)16-9/h1-5,15H. The van der Waals surface area contributed by atoms with Gasteiger partial charge in [-0.1, -0.05) is 41.4 Å². The van der Waals surface area contributed by atoms with Crippen LogP contribution in [0.3, 0.4) is 0 Å². The lowest BCUT2D eigenvalue weighted by atomic mass is 10.1. The van der Waals surface area contributed by atoms with Gasteiger partial charge in [-0.2, -0.15) is 0 Å². The van der Waals surface area contributed by atoms with Gasteiger partial charge in [0.25, 0.3) is 0 Å². The summed E-state index contributed by atoms with van der Waals surface area (Å²) < 4.78 is 5.59. The molecule has 0 fully saturated rings. The zero-order chi connectivity index (χ0) is 11.3. The third kappa shape index (κ3) is 1.20. The van der Waals surface area contributed by atoms with Gasteiger partial charge >= 0.3 is 0 Å². The molecule has 0 atom stereocenters. The Labute approximate surface area is 101 Å². The van der Waals surface area contributed by atoms with Gasteiger partial charge in [-0.05, 0) is 6.07 Å². The maximum Gasteiger partial charge on any atom is 0.153 e. The molecule has 0 amide bonds. The lowest BCUT2D eigenvalue weighted by Crippen LogP contribution is -1.73. The number of hydrogen-bond donors (Lipinski definition) is 1. The Balaban J connectivity index is 2.62. The van der Waals surface area contributed by atoms with Gasteiger partial charge in [-0.25, -0.2) is 0 Å². The van der Waals surface area contributed by atoms with E-state index < -0.39 is 0 Å². The molecule has 2 aromatic carbocycles. The van der Waals surface area contributed by atoms with Crippen LogP contribution in [0.4, 0.5) is 0 Å². The molecular formula is C12H6Cl2O2. The lowest BCUT2D eigenvalue weighted by molar-refractivity contribution is 0.476. The fourth-order valence-electron chi connectivity index (χ4n) is 1.80. The summed E-state index contributed by atoms with van der Waals surface area (Å²) in [5.74, 6) is -0.109. The van der Waals surface area contributed by atoms with Crippen LogP contribution in [0.25, 0.3) is 21.9 Å². The fraction of sp³-hybridized carbons (Fsp3) is 0. The molecule has 0 bridgehead atoms. The summed E-state index contributed by atoms with van der Waals surface area (Å²) in [6, 6.07) is 9.06. The van der Waals surface area contributed by atoms with Gasteiger partial charge in [-0.3, -0.25) is 0 Å². The van der Waals surface area contributed by atoms with Gasteiger partial charge in [0.05, 0.1) is 15.4 Å². The zero-order valence-corrected chi connectivity index (χ0v) is 9.51. The number of fused-ring (bicyclic) bond motifs is 3. The molecule has 0 aliphatic carbocycles. The van der Waals surface area contributed by atoms with Crippen molar-refractivity contribution in [2.75, 3.05) is 0 Å². The first-order chi connectivity index (χ1) is 7.68. The minimum absolute atomic E-state index is 0.109. The van der Waals surface area contributed by atoms with Crippen molar-refractivity contribution in [3.63, 3.8) is 0 Å². The summed E-state index contributed by atoms with van der Waals surface area (Å²) in [5, 5.41) is 11.7. The van der Waals surface area contributed by atoms with E-state index in [1.165, 1.54) is 0 Å². The van der Waals surface area contributed by atoms with Crippen molar-refractivity contribution in [3.8, 4) is 5.75 Å². The fourth-order valence-corrected chi connectivity index (χ4v) is 2.34. The van der Waals surface area contributed by atoms with E-state index in [0.29, 0.717) is 11.0 Å². The Kier molecular flexibility index (Phi) is 2.03. The Morgan fingerprint density at radius 2 is 1.81 bits per heavy atom. The van der Waals surface area contributed by atoms with Gasteiger partial charge in [0.15, 0.2) is 5.75 Å². The molecule has 0 saturated heterocycles. The largest absolute Gasteiger partial charge is 0.505 e. The number of rotatable bonds is 0. The maximum absolute atomic E-state index is 9.68. The Hall–Kier alpha value is -1.38. The highest BCUT2D eigenvalue weighted by atomic mass is 35.5. The second-order valence-corrected chi connectivity index (χ2v) is 4.28. The smallest absolute Gasteiger partial charge is 0.153 e. The Morgan fingerprint density at radius 1 is 1.06 bits per heavy atom. The van der Waals surface area contributed by atoms with E-state index in [9.17, 15) is 5.11 Å². The minimum Gasteiger partial charge on any atom is -0.505 e. The van der Waals surface area contributed by atoms with E-state index in [1.54, 1.807) is 6.07 Å². The molecule has 0 unspecified atom stereocenters. The van der Waals surface area contributed by atoms with Crippen molar-refractivity contribution >= 4 is 45.1 Å². The highest BCUT2D eigenvalue weighted by Crippen LogP contribution is 2.42. The Bertz CT molecular complexity index is 701. The van der Waals surface area contributed by atoms with E-state index in [2.05, 4.69) is 0 Å². The first kappa shape index (κ1) is 9.82. The molecular weight excluding hydrogens is 247 g/mol. The second-order valence-electron chi connectivity index (χ2n) is 3.49. The van der Waals surface area contributed by atoms with Gasteiger partial charge in [-0.15, -0.1) is 0 Å². The third-order valence-corrected chi connectivity index (χ3v) is 3.19. The van der Waals surface area contributed by atoms with Crippen LogP contribution in [-0.2, 0) is 0 Å². The van der Waals surface area contributed by atoms with Gasteiger partial charge in [0, 0.05) is 11.5 Å². The summed E-state index contributed by atoms with van der Waals surface area (Å²) >= 11 is 11.9. The number of phenolic OH excluding ortho intramolecular Hbond substituents is 1. The first-order valence-electron chi connectivity index (χ1n) is 4.66. The van der Waals surface area contributed by atoms with E-state index in [4.69, 9.17) is 27.6 Å². The summed E-state index contributed by atoms with van der Waals surface area (Å²) in [5.41, 5.74) is 1.30. The summed E-state index contributed by atoms with van der Waals surface area (Å²) in [4.78, 5) is 0. The average Bonchev–Trinajstić information content (AvgIpc) is 2.64. The molecule has 0 saturated carbocycles. The Morgan fingerprint density at radius 3 is 2.62 bits per heavy atom. The molecule has 0 aliphatic heterocycles. The topological polar surface area (TPSA) is 33.4 Å². The molecule has 4 heteroatoms. The van der Waals surface area contributed by atoms with Crippen molar-refractivity contribution in [3.05, 3.63) is 40.4 Å². The summed E-state index contributed by atoms with van der Waals surface area (Å²) in [6.45, 7) is 0. The second kappa shape index (κ2) is 3.30. The van der Waals surface area contributed by atoms with E-state index in [0.717, 1.165) is 11.0 Å². The molecule has 80 valence electrons. The van der Waals surface area contributed by atoms with E-state index >= 15 is 0 Å².